The molecule has 1 aromatic heterocycles. The first-order valence-electron chi connectivity index (χ1n) is 6.36. The van der Waals surface area contributed by atoms with E-state index in [1.807, 2.05) is 16.8 Å². The van der Waals surface area contributed by atoms with Gasteiger partial charge in [0.05, 0.1) is 6.42 Å². The topological polar surface area (TPSA) is 38.3 Å². The number of benzene rings is 1. The minimum atomic E-state index is -0.473. The van der Waals surface area contributed by atoms with Crippen molar-refractivity contribution in [2.24, 2.45) is 0 Å². The highest BCUT2D eigenvalue weighted by Crippen LogP contribution is 2.20. The van der Waals surface area contributed by atoms with E-state index >= 15 is 0 Å². The van der Waals surface area contributed by atoms with Gasteiger partial charge in [0.1, 0.15) is 11.9 Å². The number of amides is 1. The van der Waals surface area contributed by atoms with E-state index in [0.29, 0.717) is 6.54 Å². The Labute approximate surface area is 131 Å². The fourth-order valence-corrected chi connectivity index (χ4v) is 2.86. The quantitative estimate of drug-likeness (QED) is 0.880. The van der Waals surface area contributed by atoms with Crippen LogP contribution in [0, 0.1) is 5.82 Å². The molecular formula is C15H15ClFNO2S. The monoisotopic (exact) mass is 327 g/mol. The molecular weight excluding hydrogens is 313 g/mol. The maximum atomic E-state index is 13.6. The molecule has 21 heavy (non-hydrogen) atoms. The van der Waals surface area contributed by atoms with Gasteiger partial charge in [-0.05, 0) is 34.5 Å². The first-order chi connectivity index (χ1) is 10.1. The number of methoxy groups -OCH3 is 1. The van der Waals surface area contributed by atoms with Gasteiger partial charge in [-0.1, -0.05) is 17.7 Å². The summed E-state index contributed by atoms with van der Waals surface area (Å²) in [6, 6.07) is 6.31. The molecule has 0 aliphatic carbocycles. The lowest BCUT2D eigenvalue weighted by Gasteiger charge is -2.15. The lowest BCUT2D eigenvalue weighted by atomic mass is 10.1. The predicted octanol–water partition coefficient (Wildman–Crippen LogP) is 3.59. The van der Waals surface area contributed by atoms with Gasteiger partial charge in [0.15, 0.2) is 0 Å². The van der Waals surface area contributed by atoms with E-state index in [-0.39, 0.29) is 29.0 Å². The number of hydrogen-bond acceptors (Lipinski definition) is 3. The van der Waals surface area contributed by atoms with E-state index in [9.17, 15) is 9.18 Å². The number of nitrogens with one attached hydrogen (secondary N) is 1. The van der Waals surface area contributed by atoms with Gasteiger partial charge in [0.2, 0.25) is 5.91 Å². The molecule has 0 saturated heterocycles. The average molecular weight is 328 g/mol. The van der Waals surface area contributed by atoms with Crippen molar-refractivity contribution in [2.75, 3.05) is 13.7 Å². The van der Waals surface area contributed by atoms with Crippen LogP contribution >= 0.6 is 22.9 Å². The van der Waals surface area contributed by atoms with Gasteiger partial charge < -0.3 is 10.1 Å². The summed E-state index contributed by atoms with van der Waals surface area (Å²) in [6.07, 6.45) is -0.303. The predicted molar refractivity (Wildman–Crippen MR) is 82.2 cm³/mol. The minimum Gasteiger partial charge on any atom is -0.375 e. The molecule has 0 saturated carbocycles. The third-order valence-corrected chi connectivity index (χ3v) is 4.14. The molecule has 1 heterocycles. The molecule has 1 amide bonds. The molecule has 1 atom stereocenters. The lowest BCUT2D eigenvalue weighted by molar-refractivity contribution is -0.121. The summed E-state index contributed by atoms with van der Waals surface area (Å²) in [5.74, 6) is -0.766. The third kappa shape index (κ3) is 4.27. The van der Waals surface area contributed by atoms with Crippen LogP contribution in [0.2, 0.25) is 5.02 Å². The molecule has 0 radical (unpaired) electrons. The van der Waals surface area contributed by atoms with Crippen molar-refractivity contribution in [1.29, 1.82) is 0 Å². The maximum absolute atomic E-state index is 13.6. The van der Waals surface area contributed by atoms with Gasteiger partial charge >= 0.3 is 0 Å². The van der Waals surface area contributed by atoms with E-state index in [4.69, 9.17) is 16.3 Å². The van der Waals surface area contributed by atoms with E-state index in [2.05, 4.69) is 5.32 Å². The van der Waals surface area contributed by atoms with E-state index < -0.39 is 5.82 Å². The Morgan fingerprint density at radius 3 is 2.90 bits per heavy atom. The summed E-state index contributed by atoms with van der Waals surface area (Å²) in [6.45, 7) is 0.331. The van der Waals surface area contributed by atoms with Crippen molar-refractivity contribution in [3.05, 3.63) is 57.0 Å². The first kappa shape index (κ1) is 15.9. The van der Waals surface area contributed by atoms with Crippen molar-refractivity contribution in [3.63, 3.8) is 0 Å². The Morgan fingerprint density at radius 2 is 2.29 bits per heavy atom. The first-order valence-corrected chi connectivity index (χ1v) is 7.68. The van der Waals surface area contributed by atoms with Crippen molar-refractivity contribution in [2.45, 2.75) is 12.5 Å². The largest absolute Gasteiger partial charge is 0.375 e. The molecule has 6 heteroatoms. The second-order valence-corrected chi connectivity index (χ2v) is 5.65. The summed E-state index contributed by atoms with van der Waals surface area (Å²) in [7, 11) is 1.59. The fraction of sp³-hybridized carbons (Fsp3) is 0.267. The average Bonchev–Trinajstić information content (AvgIpc) is 2.98. The van der Waals surface area contributed by atoms with Gasteiger partial charge in [-0.25, -0.2) is 4.39 Å². The zero-order valence-corrected chi connectivity index (χ0v) is 13.0. The summed E-state index contributed by atoms with van der Waals surface area (Å²) in [5, 5.41) is 6.91. The summed E-state index contributed by atoms with van der Waals surface area (Å²) in [4.78, 5) is 11.9. The highest BCUT2D eigenvalue weighted by Gasteiger charge is 2.15. The Kier molecular flexibility index (Phi) is 5.73. The number of ether oxygens (including phenoxy) is 1. The van der Waals surface area contributed by atoms with E-state index in [0.717, 1.165) is 5.56 Å². The van der Waals surface area contributed by atoms with E-state index in [1.54, 1.807) is 24.5 Å². The number of halogens is 2. The molecule has 1 N–H and O–H groups in total. The molecule has 0 aliphatic heterocycles. The third-order valence-electron chi connectivity index (χ3n) is 3.08. The van der Waals surface area contributed by atoms with Crippen LogP contribution in [-0.4, -0.2) is 19.6 Å². The normalized spacial score (nSPS) is 12.1. The summed E-state index contributed by atoms with van der Waals surface area (Å²) < 4.78 is 18.9. The fourth-order valence-electron chi connectivity index (χ4n) is 1.93. The highest BCUT2D eigenvalue weighted by atomic mass is 35.5. The van der Waals surface area contributed by atoms with Crippen molar-refractivity contribution in [3.8, 4) is 0 Å². The van der Waals surface area contributed by atoms with Gasteiger partial charge in [0, 0.05) is 24.2 Å². The Morgan fingerprint density at radius 1 is 1.48 bits per heavy atom. The van der Waals surface area contributed by atoms with Crippen LogP contribution in [0.15, 0.2) is 35.0 Å². The zero-order valence-electron chi connectivity index (χ0n) is 11.4. The van der Waals surface area contributed by atoms with Crippen molar-refractivity contribution in [1.82, 2.24) is 5.32 Å². The molecule has 0 spiro atoms. The smallest absolute Gasteiger partial charge is 0.224 e. The molecule has 112 valence electrons. The Bertz CT molecular complexity index is 583. The molecule has 2 aromatic rings. The number of carbonyl (C=O) groups is 1. The van der Waals surface area contributed by atoms with Crippen LogP contribution in [0.25, 0.3) is 0 Å². The van der Waals surface area contributed by atoms with Crippen LogP contribution < -0.4 is 5.32 Å². The van der Waals surface area contributed by atoms with Crippen molar-refractivity contribution < 1.29 is 13.9 Å². The molecule has 0 bridgehead atoms. The molecule has 0 fully saturated rings. The van der Waals surface area contributed by atoms with Crippen LogP contribution in [0.1, 0.15) is 17.2 Å². The zero-order chi connectivity index (χ0) is 15.2. The molecule has 0 unspecified atom stereocenters. The summed E-state index contributed by atoms with van der Waals surface area (Å²) in [5.41, 5.74) is 1.22. The Balaban J connectivity index is 1.93. The maximum Gasteiger partial charge on any atom is 0.224 e. The van der Waals surface area contributed by atoms with Gasteiger partial charge in [0.25, 0.3) is 0 Å². The standard InChI is InChI=1S/C15H15ClFNO2S/c1-20-14(10-5-6-21-9-10)8-18-15(19)7-11-12(16)3-2-4-13(11)17/h2-6,9,14H,7-8H2,1H3,(H,18,19)/t14-/m1/s1. The lowest BCUT2D eigenvalue weighted by Crippen LogP contribution is -2.30. The second kappa shape index (κ2) is 7.54. The number of hydrogen-bond donors (Lipinski definition) is 1. The minimum absolute atomic E-state index is 0.0917. The number of thiophene rings is 1. The number of rotatable bonds is 6. The second-order valence-electron chi connectivity index (χ2n) is 4.46. The molecule has 1 aromatic carbocycles. The summed E-state index contributed by atoms with van der Waals surface area (Å²) >= 11 is 7.47. The molecule has 3 nitrogen and oxygen atoms in total. The van der Waals surface area contributed by atoms with Gasteiger partial charge in [-0.3, -0.25) is 4.79 Å². The van der Waals surface area contributed by atoms with Crippen LogP contribution in [0.3, 0.4) is 0 Å². The Hall–Kier alpha value is -1.43. The van der Waals surface area contributed by atoms with Gasteiger partial charge in [-0.2, -0.15) is 11.3 Å². The SMILES string of the molecule is CO[C@H](CNC(=O)Cc1c(F)cccc1Cl)c1ccsc1. The van der Waals surface area contributed by atoms with Crippen LogP contribution in [-0.2, 0) is 16.0 Å². The molecule has 0 aliphatic rings. The van der Waals surface area contributed by atoms with Crippen LogP contribution in [0.5, 0.6) is 0 Å². The van der Waals surface area contributed by atoms with Crippen LogP contribution in [0.4, 0.5) is 4.39 Å². The molecule has 2 rings (SSSR count). The van der Waals surface area contributed by atoms with Gasteiger partial charge in [-0.15, -0.1) is 0 Å². The number of carbonyl (C=O) groups excluding carboxylic acids is 1. The highest BCUT2D eigenvalue weighted by molar-refractivity contribution is 7.07. The van der Waals surface area contributed by atoms with Crippen molar-refractivity contribution >= 4 is 28.8 Å². The van der Waals surface area contributed by atoms with E-state index in [1.165, 1.54) is 12.1 Å².